The van der Waals surface area contributed by atoms with Gasteiger partial charge in [-0.2, -0.15) is 0 Å². The van der Waals surface area contributed by atoms with Crippen molar-refractivity contribution in [3.63, 3.8) is 0 Å². The number of hydrogen-bond acceptors (Lipinski definition) is 16. The molecule has 0 heterocycles. The van der Waals surface area contributed by atoms with E-state index in [1.54, 1.807) is 41.2 Å². The van der Waals surface area contributed by atoms with Crippen LogP contribution in [-0.4, -0.2) is 126 Å². The molecule has 50 heavy (non-hydrogen) atoms. The second-order valence-corrected chi connectivity index (χ2v) is 26.5. The molecule has 0 rings (SSSR count). The summed E-state index contributed by atoms with van der Waals surface area (Å²) in [5.74, 6) is 1.26. The normalized spacial score (nSPS) is 12.8. The zero-order valence-corrected chi connectivity index (χ0v) is 39.9. The smallest absolute Gasteiger partial charge is 0.371 e. The Morgan fingerprint density at radius 3 is 0.620 bits per heavy atom. The van der Waals surface area contributed by atoms with Gasteiger partial charge in [0.1, 0.15) is 0 Å². The lowest BCUT2D eigenvalue weighted by atomic mass is 10.7. The Labute approximate surface area is 323 Å². The van der Waals surface area contributed by atoms with Crippen LogP contribution >= 0.6 is 41.2 Å². The summed E-state index contributed by atoms with van der Waals surface area (Å²) in [4.78, 5) is 1.51. The Bertz CT molecular complexity index is 720. The quantitative estimate of drug-likeness (QED) is 0.0350. The Morgan fingerprint density at radius 2 is 0.480 bits per heavy atom. The van der Waals surface area contributed by atoms with Crippen molar-refractivity contribution in [1.29, 1.82) is 0 Å². The van der Waals surface area contributed by atoms with Gasteiger partial charge in [0.15, 0.2) is 0 Å². The molecule has 0 fully saturated rings. The van der Waals surface area contributed by atoms with Gasteiger partial charge < -0.3 is 53.1 Å². The highest BCUT2D eigenvalue weighted by Gasteiger charge is 2.62. The molecule has 0 radical (unpaired) electrons. The summed E-state index contributed by atoms with van der Waals surface area (Å²) >= 11 is 0. The van der Waals surface area contributed by atoms with E-state index >= 15 is 0 Å². The highest BCUT2D eigenvalue weighted by Crippen LogP contribution is 2.44. The first-order valence-corrected chi connectivity index (χ1v) is 29.9. The van der Waals surface area contributed by atoms with E-state index in [9.17, 15) is 0 Å². The standard InChI is InChI=1S/C30H66O12S4Si4/c1-13-31-47(32-14-2,33-15-3)29(48(34-16-4,35-17-5)36-18-6)25-27-43-45-46-44-28-26-30(49(37-19-7,38-20-8)39-21-9)50(40-22-10,41-23-11)42-24-12/h25-26H,13-24,27-28H2,1-12H3. The van der Waals surface area contributed by atoms with Gasteiger partial charge in [-0.1, -0.05) is 33.7 Å². The minimum absolute atomic E-state index is 0.419. The van der Waals surface area contributed by atoms with Crippen LogP contribution in [0, 0.1) is 0 Å². The van der Waals surface area contributed by atoms with Gasteiger partial charge in [-0.05, 0) is 103 Å². The van der Waals surface area contributed by atoms with E-state index in [2.05, 4.69) is 12.2 Å². The molecule has 0 amide bonds. The molecule has 298 valence electrons. The van der Waals surface area contributed by atoms with Crippen LogP contribution in [0.2, 0.25) is 0 Å². The van der Waals surface area contributed by atoms with E-state index in [-0.39, 0.29) is 0 Å². The summed E-state index contributed by atoms with van der Waals surface area (Å²) in [5, 5.41) is 0. The molecule has 0 aliphatic rings. The van der Waals surface area contributed by atoms with Gasteiger partial charge in [-0.25, -0.2) is 0 Å². The van der Waals surface area contributed by atoms with Crippen molar-refractivity contribution in [2.75, 3.05) is 90.8 Å². The maximum absolute atomic E-state index is 6.34. The molecule has 0 aliphatic heterocycles. The molecular formula is C30H66O12S4Si4. The fourth-order valence-electron chi connectivity index (χ4n) is 4.92. The van der Waals surface area contributed by atoms with Gasteiger partial charge in [0.25, 0.3) is 0 Å². The lowest BCUT2D eigenvalue weighted by Crippen LogP contribution is -2.62. The van der Waals surface area contributed by atoms with Gasteiger partial charge >= 0.3 is 35.2 Å². The first kappa shape index (κ1) is 51.3. The van der Waals surface area contributed by atoms with Crippen LogP contribution in [0.25, 0.3) is 0 Å². The minimum atomic E-state index is -3.40. The lowest BCUT2D eigenvalue weighted by molar-refractivity contribution is 0.0587. The van der Waals surface area contributed by atoms with Crippen molar-refractivity contribution >= 4 is 76.5 Å². The molecule has 0 bridgehead atoms. The van der Waals surface area contributed by atoms with Crippen molar-refractivity contribution in [2.45, 2.75) is 83.1 Å². The summed E-state index contributed by atoms with van der Waals surface area (Å²) in [7, 11) is -6.90. The summed E-state index contributed by atoms with van der Waals surface area (Å²) in [6.07, 6.45) is 4.17. The van der Waals surface area contributed by atoms with E-state index in [1.165, 1.54) is 0 Å². The third-order valence-corrected chi connectivity index (χ3v) is 27.5. The third kappa shape index (κ3) is 16.2. The summed E-state index contributed by atoms with van der Waals surface area (Å²) in [5.41, 5.74) is 0. The first-order chi connectivity index (χ1) is 24.2. The Kier molecular flexibility index (Phi) is 31.3. The average Bonchev–Trinajstić information content (AvgIpc) is 3.07. The van der Waals surface area contributed by atoms with E-state index in [4.69, 9.17) is 53.1 Å². The van der Waals surface area contributed by atoms with Gasteiger partial charge in [0, 0.05) is 90.8 Å². The van der Waals surface area contributed by atoms with Crippen molar-refractivity contribution < 1.29 is 53.1 Å². The predicted octanol–water partition coefficient (Wildman–Crippen LogP) is 7.87. The predicted molar refractivity (Wildman–Crippen MR) is 219 cm³/mol. The topological polar surface area (TPSA) is 111 Å². The van der Waals surface area contributed by atoms with Gasteiger partial charge in [0.05, 0.1) is 9.64 Å². The highest BCUT2D eigenvalue weighted by molar-refractivity contribution is 9.26. The highest BCUT2D eigenvalue weighted by atomic mass is 33.7. The van der Waals surface area contributed by atoms with Crippen LogP contribution in [0.3, 0.4) is 0 Å². The minimum Gasteiger partial charge on any atom is -0.371 e. The molecule has 0 unspecified atom stereocenters. The van der Waals surface area contributed by atoms with Crippen molar-refractivity contribution in [1.82, 2.24) is 0 Å². The van der Waals surface area contributed by atoms with Crippen LogP contribution in [-0.2, 0) is 53.1 Å². The van der Waals surface area contributed by atoms with Gasteiger partial charge in [-0.15, -0.1) is 0 Å². The van der Waals surface area contributed by atoms with Crippen LogP contribution in [0.15, 0.2) is 21.8 Å². The Morgan fingerprint density at radius 1 is 0.320 bits per heavy atom. The van der Waals surface area contributed by atoms with Crippen molar-refractivity contribution in [3.8, 4) is 0 Å². The van der Waals surface area contributed by atoms with Gasteiger partial charge in [0.2, 0.25) is 0 Å². The second-order valence-electron chi connectivity index (χ2n) is 9.36. The molecule has 0 spiro atoms. The van der Waals surface area contributed by atoms with Crippen LogP contribution in [0.4, 0.5) is 0 Å². The lowest BCUT2D eigenvalue weighted by Gasteiger charge is -2.38. The summed E-state index contributed by atoms with van der Waals surface area (Å²) in [6, 6.07) is 0. The molecule has 20 heteroatoms. The maximum atomic E-state index is 6.34. The molecule has 0 N–H and O–H groups in total. The molecule has 0 aromatic carbocycles. The average molecular weight is 859 g/mol. The molecule has 0 aliphatic carbocycles. The van der Waals surface area contributed by atoms with E-state index in [1.807, 2.05) is 83.1 Å². The summed E-state index contributed by atoms with van der Waals surface area (Å²) in [6.45, 7) is 28.3. The molecule has 0 saturated heterocycles. The zero-order chi connectivity index (χ0) is 37.8. The molecule has 0 aromatic rings. The molecular weight excluding hydrogens is 793 g/mol. The van der Waals surface area contributed by atoms with Crippen LogP contribution < -0.4 is 0 Å². The molecule has 0 atom stereocenters. The first-order valence-electron chi connectivity index (χ1n) is 17.9. The SMILES string of the molecule is CCO[Si](OCC)(OCC)C(=CCSSSSCC=C([Si](OCC)(OCC)OCC)[Si](OCC)(OCC)OCC)[Si](OCC)(OCC)OCC. The van der Waals surface area contributed by atoms with Crippen molar-refractivity contribution in [2.24, 2.45) is 0 Å². The molecule has 12 nitrogen and oxygen atoms in total. The van der Waals surface area contributed by atoms with E-state index in [0.717, 1.165) is 9.64 Å². The monoisotopic (exact) mass is 858 g/mol. The van der Waals surface area contributed by atoms with Crippen molar-refractivity contribution in [3.05, 3.63) is 21.8 Å². The second kappa shape index (κ2) is 30.5. The Balaban J connectivity index is 6.41. The fourth-order valence-corrected chi connectivity index (χ4v) is 25.4. The molecule has 0 saturated carbocycles. The zero-order valence-electron chi connectivity index (χ0n) is 32.6. The van der Waals surface area contributed by atoms with Gasteiger partial charge in [-0.3, -0.25) is 0 Å². The maximum Gasteiger partial charge on any atom is 0.535 e. The van der Waals surface area contributed by atoms with E-state index in [0.29, 0.717) is 90.8 Å². The largest absolute Gasteiger partial charge is 0.535 e. The van der Waals surface area contributed by atoms with Crippen LogP contribution in [0.1, 0.15) is 83.1 Å². The third-order valence-electron chi connectivity index (χ3n) is 6.17. The number of rotatable bonds is 35. The van der Waals surface area contributed by atoms with Crippen LogP contribution in [0.5, 0.6) is 0 Å². The van der Waals surface area contributed by atoms with E-state index < -0.39 is 35.2 Å². The Hall–Kier alpha value is 1.27. The molecule has 0 aromatic heterocycles. The summed E-state index contributed by atoms with van der Waals surface area (Å²) < 4.78 is 76.1. The fraction of sp³-hybridized carbons (Fsp3) is 0.867. The number of hydrogen-bond donors (Lipinski definition) is 0.